The van der Waals surface area contributed by atoms with E-state index in [-0.39, 0.29) is 17.6 Å². The van der Waals surface area contributed by atoms with Crippen LogP contribution >= 0.6 is 0 Å². The summed E-state index contributed by atoms with van der Waals surface area (Å²) in [7, 11) is 0. The number of nitrogens with zero attached hydrogens (tertiary/aromatic N) is 1. The lowest BCUT2D eigenvalue weighted by atomic mass is 9.83. The van der Waals surface area contributed by atoms with Crippen molar-refractivity contribution in [2.75, 3.05) is 13.1 Å². The molecular formula is C18H25FN2O2. The van der Waals surface area contributed by atoms with Crippen LogP contribution in [0.25, 0.3) is 0 Å². The van der Waals surface area contributed by atoms with Crippen LogP contribution in [0.15, 0.2) is 24.3 Å². The molecule has 0 aliphatic carbocycles. The fraction of sp³-hybridized carbons (Fsp3) is 0.556. The first-order valence-electron chi connectivity index (χ1n) is 8.27. The van der Waals surface area contributed by atoms with Gasteiger partial charge in [0.05, 0.1) is 12.0 Å². The fourth-order valence-corrected chi connectivity index (χ4v) is 3.14. The van der Waals surface area contributed by atoms with Gasteiger partial charge >= 0.3 is 0 Å². The van der Waals surface area contributed by atoms with Crippen molar-refractivity contribution in [2.24, 2.45) is 11.8 Å². The minimum Gasteiger partial charge on any atom is -0.356 e. The quantitative estimate of drug-likeness (QED) is 0.907. The number of nitrogens with one attached hydrogen (secondary N) is 1. The minimum absolute atomic E-state index is 0.0198. The highest BCUT2D eigenvalue weighted by Gasteiger charge is 2.40. The van der Waals surface area contributed by atoms with Crippen LogP contribution in [0.2, 0.25) is 0 Å². The summed E-state index contributed by atoms with van der Waals surface area (Å²) in [4.78, 5) is 26.4. The molecule has 0 aromatic heterocycles. The van der Waals surface area contributed by atoms with Crippen LogP contribution in [0.1, 0.15) is 45.2 Å². The van der Waals surface area contributed by atoms with E-state index in [1.807, 2.05) is 20.8 Å². The van der Waals surface area contributed by atoms with Crippen molar-refractivity contribution in [1.82, 2.24) is 10.2 Å². The molecule has 1 aliphatic heterocycles. The molecule has 1 saturated heterocycles. The molecule has 23 heavy (non-hydrogen) atoms. The summed E-state index contributed by atoms with van der Waals surface area (Å²) < 4.78 is 14.3. The summed E-state index contributed by atoms with van der Waals surface area (Å²) in [5.41, 5.74) is 0.423. The second-order valence-corrected chi connectivity index (χ2v) is 6.43. The first-order valence-corrected chi connectivity index (χ1v) is 8.27. The van der Waals surface area contributed by atoms with Gasteiger partial charge in [-0.2, -0.15) is 0 Å². The minimum atomic E-state index is -0.533. The topological polar surface area (TPSA) is 49.4 Å². The molecule has 126 valence electrons. The van der Waals surface area contributed by atoms with Gasteiger partial charge in [0.1, 0.15) is 5.82 Å². The van der Waals surface area contributed by atoms with E-state index < -0.39 is 12.0 Å². The Bertz CT molecular complexity index is 574. The summed E-state index contributed by atoms with van der Waals surface area (Å²) >= 11 is 0. The second kappa shape index (κ2) is 7.57. The fourth-order valence-electron chi connectivity index (χ4n) is 3.14. The predicted octanol–water partition coefficient (Wildman–Crippen LogP) is 2.90. The third-order valence-corrected chi connectivity index (χ3v) is 4.29. The molecule has 1 heterocycles. The molecule has 0 unspecified atom stereocenters. The van der Waals surface area contributed by atoms with Gasteiger partial charge in [-0.25, -0.2) is 4.39 Å². The lowest BCUT2D eigenvalue weighted by Crippen LogP contribution is -2.48. The van der Waals surface area contributed by atoms with Gasteiger partial charge in [0.15, 0.2) is 0 Å². The highest BCUT2D eigenvalue weighted by molar-refractivity contribution is 5.85. The molecule has 0 saturated carbocycles. The van der Waals surface area contributed by atoms with Crippen molar-refractivity contribution in [2.45, 2.75) is 39.7 Å². The normalized spacial score (nSPS) is 21.6. The van der Waals surface area contributed by atoms with E-state index in [1.165, 1.54) is 6.07 Å². The standard InChI is InChI=1S/C18H25FN2O2/c1-4-21-16(22)10-9-14(18(23)20-11-12(2)3)17(21)13-7-5-6-8-15(13)19/h5-8,12,14,17H,4,9-11H2,1-3H3,(H,20,23)/t14-,17+/m1/s1. The Balaban J connectivity index is 2.33. The molecule has 2 amide bonds. The van der Waals surface area contributed by atoms with Gasteiger partial charge in [0, 0.05) is 25.1 Å². The Morgan fingerprint density at radius 3 is 2.70 bits per heavy atom. The Morgan fingerprint density at radius 2 is 2.09 bits per heavy atom. The molecule has 2 rings (SSSR count). The maximum Gasteiger partial charge on any atom is 0.225 e. The number of hydrogen-bond donors (Lipinski definition) is 1. The maximum absolute atomic E-state index is 14.3. The molecule has 0 spiro atoms. The van der Waals surface area contributed by atoms with Crippen molar-refractivity contribution in [1.29, 1.82) is 0 Å². The molecular weight excluding hydrogens is 295 g/mol. The van der Waals surface area contributed by atoms with E-state index >= 15 is 0 Å². The van der Waals surface area contributed by atoms with Gasteiger partial charge in [-0.3, -0.25) is 9.59 Å². The summed E-state index contributed by atoms with van der Waals surface area (Å²) in [6.07, 6.45) is 0.789. The molecule has 1 aromatic carbocycles. The van der Waals surface area contributed by atoms with E-state index in [9.17, 15) is 14.0 Å². The Hall–Kier alpha value is -1.91. The van der Waals surface area contributed by atoms with Gasteiger partial charge in [0.2, 0.25) is 11.8 Å². The zero-order chi connectivity index (χ0) is 17.0. The highest BCUT2D eigenvalue weighted by atomic mass is 19.1. The van der Waals surface area contributed by atoms with Crippen LogP contribution in [0.4, 0.5) is 4.39 Å². The van der Waals surface area contributed by atoms with Gasteiger partial charge in [0.25, 0.3) is 0 Å². The first kappa shape index (κ1) is 17.4. The molecule has 1 aliphatic rings. The number of amides is 2. The number of hydrogen-bond acceptors (Lipinski definition) is 2. The first-order chi connectivity index (χ1) is 11.0. The second-order valence-electron chi connectivity index (χ2n) is 6.43. The smallest absolute Gasteiger partial charge is 0.225 e. The molecule has 1 N–H and O–H groups in total. The molecule has 0 radical (unpaired) electrons. The third-order valence-electron chi connectivity index (χ3n) is 4.29. The molecule has 5 heteroatoms. The Morgan fingerprint density at radius 1 is 1.39 bits per heavy atom. The highest BCUT2D eigenvalue weighted by Crippen LogP contribution is 2.37. The SMILES string of the molecule is CCN1C(=O)CC[C@@H](C(=O)NCC(C)C)[C@@H]1c1ccccc1F. The molecule has 1 fully saturated rings. The molecule has 2 atom stereocenters. The van der Waals surface area contributed by atoms with Crippen molar-refractivity contribution in [3.63, 3.8) is 0 Å². The molecule has 1 aromatic rings. The summed E-state index contributed by atoms with van der Waals surface area (Å²) in [5.74, 6) is -0.555. The van der Waals surface area contributed by atoms with E-state index in [0.29, 0.717) is 37.4 Å². The van der Waals surface area contributed by atoms with E-state index in [2.05, 4.69) is 5.32 Å². The van der Waals surface area contributed by atoms with Crippen molar-refractivity contribution >= 4 is 11.8 Å². The third kappa shape index (κ3) is 3.89. The van der Waals surface area contributed by atoms with E-state index in [0.717, 1.165) is 0 Å². The zero-order valence-corrected chi connectivity index (χ0v) is 14.0. The lowest BCUT2D eigenvalue weighted by Gasteiger charge is -2.40. The van der Waals surface area contributed by atoms with E-state index in [4.69, 9.17) is 0 Å². The summed E-state index contributed by atoms with van der Waals surface area (Å²) in [6.45, 7) is 6.96. The number of carbonyl (C=O) groups excluding carboxylic acids is 2. The average molecular weight is 320 g/mol. The van der Waals surface area contributed by atoms with Crippen molar-refractivity contribution in [3.8, 4) is 0 Å². The van der Waals surface area contributed by atoms with Crippen LogP contribution in [-0.2, 0) is 9.59 Å². The number of carbonyl (C=O) groups is 2. The Labute approximate surface area is 137 Å². The average Bonchev–Trinajstić information content (AvgIpc) is 2.52. The van der Waals surface area contributed by atoms with E-state index in [1.54, 1.807) is 23.1 Å². The molecule has 0 bridgehead atoms. The largest absolute Gasteiger partial charge is 0.356 e. The van der Waals surface area contributed by atoms with Gasteiger partial charge < -0.3 is 10.2 Å². The summed E-state index contributed by atoms with van der Waals surface area (Å²) in [5, 5.41) is 2.93. The van der Waals surface area contributed by atoms with Crippen molar-refractivity contribution in [3.05, 3.63) is 35.6 Å². The van der Waals surface area contributed by atoms with Crippen LogP contribution < -0.4 is 5.32 Å². The number of benzene rings is 1. The van der Waals surface area contributed by atoms with Crippen LogP contribution in [0, 0.1) is 17.7 Å². The number of rotatable bonds is 5. The zero-order valence-electron chi connectivity index (χ0n) is 14.0. The van der Waals surface area contributed by atoms with Gasteiger partial charge in [-0.15, -0.1) is 0 Å². The number of halogens is 1. The van der Waals surface area contributed by atoms with Crippen molar-refractivity contribution < 1.29 is 14.0 Å². The van der Waals surface area contributed by atoms with Crippen LogP contribution in [-0.4, -0.2) is 29.8 Å². The number of likely N-dealkylation sites (tertiary alicyclic amines) is 1. The Kier molecular flexibility index (Phi) is 5.74. The molecule has 4 nitrogen and oxygen atoms in total. The summed E-state index contributed by atoms with van der Waals surface area (Å²) in [6, 6.07) is 5.88. The van der Waals surface area contributed by atoms with Gasteiger partial charge in [-0.05, 0) is 25.3 Å². The van der Waals surface area contributed by atoms with Crippen LogP contribution in [0.5, 0.6) is 0 Å². The maximum atomic E-state index is 14.3. The lowest BCUT2D eigenvalue weighted by molar-refractivity contribution is -0.143. The predicted molar refractivity (Wildman–Crippen MR) is 87.1 cm³/mol. The monoisotopic (exact) mass is 320 g/mol. The van der Waals surface area contributed by atoms with Gasteiger partial charge in [-0.1, -0.05) is 32.0 Å². The van der Waals surface area contributed by atoms with Crippen LogP contribution in [0.3, 0.4) is 0 Å². The number of piperidine rings is 1.